The largest absolute Gasteiger partial charge is 0.378 e. The highest BCUT2D eigenvalue weighted by Crippen LogP contribution is 2.30. The van der Waals surface area contributed by atoms with Gasteiger partial charge < -0.3 is 10.1 Å². The Labute approximate surface area is 101 Å². The van der Waals surface area contributed by atoms with Gasteiger partial charge in [-0.15, -0.1) is 0 Å². The van der Waals surface area contributed by atoms with Crippen molar-refractivity contribution in [3.05, 3.63) is 0 Å². The number of nitrogens with one attached hydrogen (secondary N) is 1. The Balaban J connectivity index is 2.45. The monoisotopic (exact) mass is 227 g/mol. The quantitative estimate of drug-likeness (QED) is 0.778. The average molecular weight is 227 g/mol. The van der Waals surface area contributed by atoms with Crippen LogP contribution in [0.2, 0.25) is 0 Å². The van der Waals surface area contributed by atoms with Gasteiger partial charge in [-0.05, 0) is 33.1 Å². The maximum absolute atomic E-state index is 5.93. The standard InChI is InChI=1S/C14H29NO/c1-6-11(7-2)13-12(8-9-16-13)10-15-14(3,4)5/h11-13,15H,6-10H2,1-5H3. The molecular formula is C14H29NO. The van der Waals surface area contributed by atoms with Gasteiger partial charge >= 0.3 is 0 Å². The lowest BCUT2D eigenvalue weighted by atomic mass is 9.87. The van der Waals surface area contributed by atoms with Crippen molar-refractivity contribution in [2.45, 2.75) is 65.5 Å². The molecule has 0 aliphatic carbocycles. The summed E-state index contributed by atoms with van der Waals surface area (Å²) in [6.45, 7) is 13.3. The molecule has 0 aromatic carbocycles. The number of ether oxygens (including phenoxy) is 1. The maximum Gasteiger partial charge on any atom is 0.0644 e. The lowest BCUT2D eigenvalue weighted by molar-refractivity contribution is 0.0371. The summed E-state index contributed by atoms with van der Waals surface area (Å²) in [6, 6.07) is 0. The molecule has 1 aliphatic rings. The predicted molar refractivity (Wildman–Crippen MR) is 69.7 cm³/mol. The van der Waals surface area contributed by atoms with Gasteiger partial charge in [0.2, 0.25) is 0 Å². The lowest BCUT2D eigenvalue weighted by Gasteiger charge is -2.29. The van der Waals surface area contributed by atoms with Crippen LogP contribution in [0.5, 0.6) is 0 Å². The second-order valence-electron chi connectivity index (χ2n) is 6.09. The van der Waals surface area contributed by atoms with Crippen LogP contribution < -0.4 is 5.32 Å². The van der Waals surface area contributed by atoms with Crippen molar-refractivity contribution in [2.75, 3.05) is 13.2 Å². The van der Waals surface area contributed by atoms with Gasteiger partial charge in [-0.1, -0.05) is 26.7 Å². The van der Waals surface area contributed by atoms with E-state index in [1.807, 2.05) is 0 Å². The average Bonchev–Trinajstić information content (AvgIpc) is 2.64. The van der Waals surface area contributed by atoms with Crippen LogP contribution in [-0.2, 0) is 4.74 Å². The Hall–Kier alpha value is -0.0800. The molecule has 0 aromatic rings. The molecule has 1 fully saturated rings. The zero-order valence-electron chi connectivity index (χ0n) is 11.7. The molecule has 1 N–H and O–H groups in total. The van der Waals surface area contributed by atoms with Gasteiger partial charge in [0.15, 0.2) is 0 Å². The first-order chi connectivity index (χ1) is 7.48. The van der Waals surface area contributed by atoms with Crippen LogP contribution in [0.1, 0.15) is 53.9 Å². The Morgan fingerprint density at radius 2 is 1.88 bits per heavy atom. The van der Waals surface area contributed by atoms with Gasteiger partial charge in [0.1, 0.15) is 0 Å². The van der Waals surface area contributed by atoms with Gasteiger partial charge in [-0.25, -0.2) is 0 Å². The molecule has 2 unspecified atom stereocenters. The van der Waals surface area contributed by atoms with E-state index in [-0.39, 0.29) is 5.54 Å². The second kappa shape index (κ2) is 6.02. The van der Waals surface area contributed by atoms with Gasteiger partial charge in [-0.3, -0.25) is 0 Å². The van der Waals surface area contributed by atoms with Crippen LogP contribution >= 0.6 is 0 Å². The van der Waals surface area contributed by atoms with Crippen molar-refractivity contribution >= 4 is 0 Å². The fraction of sp³-hybridized carbons (Fsp3) is 1.00. The normalized spacial score (nSPS) is 26.6. The molecule has 0 amide bonds. The van der Waals surface area contributed by atoms with E-state index in [2.05, 4.69) is 39.9 Å². The SMILES string of the molecule is CCC(CC)C1OCCC1CNC(C)(C)C. The van der Waals surface area contributed by atoms with Crippen LogP contribution in [0.25, 0.3) is 0 Å². The van der Waals surface area contributed by atoms with Crippen LogP contribution in [0, 0.1) is 11.8 Å². The van der Waals surface area contributed by atoms with Crippen LogP contribution in [0.15, 0.2) is 0 Å². The molecule has 1 heterocycles. The number of hydrogen-bond donors (Lipinski definition) is 1. The summed E-state index contributed by atoms with van der Waals surface area (Å²) in [5, 5.41) is 3.62. The van der Waals surface area contributed by atoms with Crippen LogP contribution in [0.3, 0.4) is 0 Å². The smallest absolute Gasteiger partial charge is 0.0644 e. The van der Waals surface area contributed by atoms with Gasteiger partial charge in [-0.2, -0.15) is 0 Å². The third kappa shape index (κ3) is 4.06. The summed E-state index contributed by atoms with van der Waals surface area (Å²) in [5.74, 6) is 1.46. The fourth-order valence-corrected chi connectivity index (χ4v) is 2.59. The van der Waals surface area contributed by atoms with Gasteiger partial charge in [0.05, 0.1) is 6.10 Å². The molecule has 1 saturated heterocycles. The van der Waals surface area contributed by atoms with E-state index in [9.17, 15) is 0 Å². The molecule has 0 spiro atoms. The summed E-state index contributed by atoms with van der Waals surface area (Å²) in [4.78, 5) is 0. The summed E-state index contributed by atoms with van der Waals surface area (Å²) in [5.41, 5.74) is 0.223. The zero-order chi connectivity index (χ0) is 12.2. The highest BCUT2D eigenvalue weighted by molar-refractivity contribution is 4.84. The van der Waals surface area contributed by atoms with E-state index in [1.165, 1.54) is 19.3 Å². The van der Waals surface area contributed by atoms with Crippen molar-refractivity contribution in [1.82, 2.24) is 5.32 Å². The first kappa shape index (κ1) is 14.0. The minimum absolute atomic E-state index is 0.223. The van der Waals surface area contributed by atoms with E-state index in [1.54, 1.807) is 0 Å². The van der Waals surface area contributed by atoms with Gasteiger partial charge in [0.25, 0.3) is 0 Å². The second-order valence-corrected chi connectivity index (χ2v) is 6.09. The van der Waals surface area contributed by atoms with Crippen molar-refractivity contribution in [3.63, 3.8) is 0 Å². The summed E-state index contributed by atoms with van der Waals surface area (Å²) in [6.07, 6.45) is 4.20. The Morgan fingerprint density at radius 3 is 2.38 bits per heavy atom. The number of rotatable bonds is 5. The molecule has 2 atom stereocenters. The molecule has 2 heteroatoms. The van der Waals surface area contributed by atoms with E-state index >= 15 is 0 Å². The van der Waals surface area contributed by atoms with Crippen molar-refractivity contribution < 1.29 is 4.74 Å². The molecule has 1 aliphatic heterocycles. The van der Waals surface area contributed by atoms with Crippen LogP contribution in [-0.4, -0.2) is 24.8 Å². The molecule has 0 saturated carbocycles. The van der Waals surface area contributed by atoms with Crippen molar-refractivity contribution in [1.29, 1.82) is 0 Å². The third-order valence-electron chi connectivity index (χ3n) is 3.67. The minimum atomic E-state index is 0.223. The maximum atomic E-state index is 5.93. The Bertz CT molecular complexity index is 193. The molecule has 1 rings (SSSR count). The van der Waals surface area contributed by atoms with Gasteiger partial charge in [0, 0.05) is 24.6 Å². The topological polar surface area (TPSA) is 21.3 Å². The number of hydrogen-bond acceptors (Lipinski definition) is 2. The summed E-state index contributed by atoms with van der Waals surface area (Å²) in [7, 11) is 0. The molecule has 96 valence electrons. The highest BCUT2D eigenvalue weighted by Gasteiger charge is 2.33. The summed E-state index contributed by atoms with van der Waals surface area (Å²) < 4.78 is 5.93. The van der Waals surface area contributed by atoms with E-state index in [0.29, 0.717) is 12.0 Å². The fourth-order valence-electron chi connectivity index (χ4n) is 2.59. The first-order valence-electron chi connectivity index (χ1n) is 6.84. The molecule has 16 heavy (non-hydrogen) atoms. The zero-order valence-corrected chi connectivity index (χ0v) is 11.7. The lowest BCUT2D eigenvalue weighted by Crippen LogP contribution is -2.42. The highest BCUT2D eigenvalue weighted by atomic mass is 16.5. The minimum Gasteiger partial charge on any atom is -0.378 e. The molecule has 0 radical (unpaired) electrons. The van der Waals surface area contributed by atoms with E-state index in [0.717, 1.165) is 19.1 Å². The summed E-state index contributed by atoms with van der Waals surface area (Å²) >= 11 is 0. The Morgan fingerprint density at radius 1 is 1.25 bits per heavy atom. The van der Waals surface area contributed by atoms with Crippen molar-refractivity contribution in [2.24, 2.45) is 11.8 Å². The Kier molecular flexibility index (Phi) is 5.26. The molecular weight excluding hydrogens is 198 g/mol. The molecule has 2 nitrogen and oxygen atoms in total. The molecule has 0 bridgehead atoms. The predicted octanol–water partition coefficient (Wildman–Crippen LogP) is 3.22. The van der Waals surface area contributed by atoms with Crippen LogP contribution in [0.4, 0.5) is 0 Å². The molecule has 0 aromatic heterocycles. The third-order valence-corrected chi connectivity index (χ3v) is 3.67. The first-order valence-corrected chi connectivity index (χ1v) is 6.84. The van der Waals surface area contributed by atoms with E-state index < -0.39 is 0 Å². The van der Waals surface area contributed by atoms with Crippen molar-refractivity contribution in [3.8, 4) is 0 Å². The van der Waals surface area contributed by atoms with E-state index in [4.69, 9.17) is 4.74 Å².